The van der Waals surface area contributed by atoms with Crippen LogP contribution in [0.4, 0.5) is 10.9 Å². The number of carbonyl (C=O) groups is 2. The van der Waals surface area contributed by atoms with E-state index in [4.69, 9.17) is 5.73 Å². The second-order valence-electron chi connectivity index (χ2n) is 9.12. The standard InChI is InChI=1S/C27H31N7O2S/c1-18-6-4-9-21(14-18)26(36)29-17-20-8-5-7-19(15-20)16-24(35)30-27-34-33-25(37-27)11-3-2-10-22-12-13-23(28)32-31-22/h4-5,7-9,12-15,18H,2-3,6,10-11,16-17H2,1H3,(H2,28,32)(H,29,36)(H,30,34,35). The number of nitrogen functional groups attached to an aromatic ring is 1. The normalized spacial score (nSPS) is 14.7. The van der Waals surface area contributed by atoms with E-state index >= 15 is 0 Å². The minimum Gasteiger partial charge on any atom is -0.382 e. The van der Waals surface area contributed by atoms with Gasteiger partial charge in [-0.2, -0.15) is 5.10 Å². The third-order valence-corrected chi connectivity index (χ3v) is 6.77. The van der Waals surface area contributed by atoms with Crippen LogP contribution in [0.3, 0.4) is 0 Å². The van der Waals surface area contributed by atoms with Gasteiger partial charge in [0.25, 0.3) is 5.91 Å². The van der Waals surface area contributed by atoms with E-state index in [0.29, 0.717) is 29.0 Å². The average Bonchev–Trinajstić information content (AvgIpc) is 3.33. The molecule has 3 aromatic rings. The number of hydrogen-bond acceptors (Lipinski definition) is 8. The number of aromatic nitrogens is 4. The lowest BCUT2D eigenvalue weighted by Gasteiger charge is -2.12. The summed E-state index contributed by atoms with van der Waals surface area (Å²) in [7, 11) is 0. The van der Waals surface area contributed by atoms with Crippen molar-refractivity contribution in [2.45, 2.75) is 52.0 Å². The topological polar surface area (TPSA) is 136 Å². The number of nitrogens with two attached hydrogens (primary N) is 1. The fraction of sp³-hybridized carbons (Fsp3) is 0.333. The SMILES string of the molecule is CC1C=C(C(=O)NCc2cccc(CC(=O)Nc3nnc(CCCCc4ccc(N)nn4)s3)c2)C=CC1. The molecular weight excluding hydrogens is 486 g/mol. The second-order valence-corrected chi connectivity index (χ2v) is 10.2. The van der Waals surface area contributed by atoms with Crippen LogP contribution in [-0.4, -0.2) is 32.2 Å². The minimum atomic E-state index is -0.155. The Balaban J connectivity index is 1.20. The summed E-state index contributed by atoms with van der Waals surface area (Å²) in [6.45, 7) is 2.49. The summed E-state index contributed by atoms with van der Waals surface area (Å²) >= 11 is 1.39. The number of nitrogens with one attached hydrogen (secondary N) is 2. The van der Waals surface area contributed by atoms with Crippen LogP contribution in [0.5, 0.6) is 0 Å². The number of unbranched alkanes of at least 4 members (excludes halogenated alkanes) is 1. The number of aryl methyl sites for hydroxylation is 2. The zero-order valence-electron chi connectivity index (χ0n) is 20.8. The van der Waals surface area contributed by atoms with Crippen molar-refractivity contribution in [3.05, 3.63) is 82.0 Å². The Kier molecular flexibility index (Phi) is 9.09. The molecule has 1 aliphatic rings. The van der Waals surface area contributed by atoms with Crippen LogP contribution < -0.4 is 16.4 Å². The molecular formula is C27H31N7O2S. The number of nitrogens with zero attached hydrogens (tertiary/aromatic N) is 4. The summed E-state index contributed by atoms with van der Waals surface area (Å²) in [6, 6.07) is 11.3. The largest absolute Gasteiger partial charge is 0.382 e. The summed E-state index contributed by atoms with van der Waals surface area (Å²) in [5, 5.41) is 23.4. The third kappa shape index (κ3) is 8.32. The summed E-state index contributed by atoms with van der Waals surface area (Å²) in [6.07, 6.45) is 10.6. The summed E-state index contributed by atoms with van der Waals surface area (Å²) in [4.78, 5) is 25.0. The first-order chi connectivity index (χ1) is 17.9. The number of allylic oxidation sites excluding steroid dienone is 2. The molecule has 0 bridgehead atoms. The zero-order chi connectivity index (χ0) is 26.0. The number of carbonyl (C=O) groups excluding carboxylic acids is 2. The highest BCUT2D eigenvalue weighted by Gasteiger charge is 2.13. The van der Waals surface area contributed by atoms with Crippen LogP contribution in [0.2, 0.25) is 0 Å². The van der Waals surface area contributed by atoms with E-state index in [1.165, 1.54) is 11.3 Å². The van der Waals surface area contributed by atoms with Crippen LogP contribution in [0.15, 0.2) is 60.2 Å². The van der Waals surface area contributed by atoms with Crippen LogP contribution >= 0.6 is 11.3 Å². The van der Waals surface area contributed by atoms with Crippen LogP contribution in [0, 0.1) is 5.92 Å². The molecule has 4 N–H and O–H groups in total. The molecule has 4 rings (SSSR count). The monoisotopic (exact) mass is 517 g/mol. The van der Waals surface area contributed by atoms with E-state index in [0.717, 1.165) is 53.9 Å². The maximum absolute atomic E-state index is 12.6. The molecule has 192 valence electrons. The molecule has 0 spiro atoms. The number of hydrogen-bond donors (Lipinski definition) is 3. The number of benzene rings is 1. The van der Waals surface area contributed by atoms with Gasteiger partial charge in [-0.25, -0.2) is 0 Å². The van der Waals surface area contributed by atoms with Gasteiger partial charge in [0, 0.05) is 18.5 Å². The van der Waals surface area contributed by atoms with E-state index in [2.05, 4.69) is 38.0 Å². The highest BCUT2D eigenvalue weighted by molar-refractivity contribution is 7.15. The van der Waals surface area contributed by atoms with Gasteiger partial charge in [-0.15, -0.1) is 15.3 Å². The van der Waals surface area contributed by atoms with E-state index < -0.39 is 0 Å². The highest BCUT2D eigenvalue weighted by Crippen LogP contribution is 2.19. The molecule has 0 saturated carbocycles. The van der Waals surface area contributed by atoms with Crippen molar-refractivity contribution in [3.63, 3.8) is 0 Å². The predicted octanol–water partition coefficient (Wildman–Crippen LogP) is 3.80. The Morgan fingerprint density at radius 1 is 1.05 bits per heavy atom. The van der Waals surface area contributed by atoms with Gasteiger partial charge in [-0.05, 0) is 54.9 Å². The highest BCUT2D eigenvalue weighted by atomic mass is 32.1. The lowest BCUT2D eigenvalue weighted by Crippen LogP contribution is -2.25. The van der Waals surface area contributed by atoms with Gasteiger partial charge in [-0.3, -0.25) is 9.59 Å². The molecule has 2 amide bonds. The van der Waals surface area contributed by atoms with Gasteiger partial charge in [0.2, 0.25) is 11.0 Å². The smallest absolute Gasteiger partial charge is 0.251 e. The third-order valence-electron chi connectivity index (χ3n) is 5.87. The average molecular weight is 518 g/mol. The van der Waals surface area contributed by atoms with Crippen LogP contribution in [0.25, 0.3) is 0 Å². The summed E-state index contributed by atoms with van der Waals surface area (Å²) < 4.78 is 0. The first-order valence-electron chi connectivity index (χ1n) is 12.4. The Morgan fingerprint density at radius 2 is 1.89 bits per heavy atom. The molecule has 1 unspecified atom stereocenters. The van der Waals surface area contributed by atoms with Crippen molar-refractivity contribution in [1.29, 1.82) is 0 Å². The Labute approximate surface area is 220 Å². The predicted molar refractivity (Wildman–Crippen MR) is 145 cm³/mol. The van der Waals surface area contributed by atoms with E-state index in [1.54, 1.807) is 6.07 Å². The van der Waals surface area contributed by atoms with Crippen LogP contribution in [0.1, 0.15) is 48.0 Å². The quantitative estimate of drug-likeness (QED) is 0.329. The first kappa shape index (κ1) is 26.2. The molecule has 2 aromatic heterocycles. The molecule has 9 nitrogen and oxygen atoms in total. The molecule has 0 radical (unpaired) electrons. The van der Waals surface area contributed by atoms with Crippen molar-refractivity contribution in [3.8, 4) is 0 Å². The van der Waals surface area contributed by atoms with E-state index in [9.17, 15) is 9.59 Å². The molecule has 37 heavy (non-hydrogen) atoms. The number of amides is 2. The molecule has 0 saturated heterocycles. The molecule has 1 aromatic carbocycles. The van der Waals surface area contributed by atoms with Crippen molar-refractivity contribution in [2.75, 3.05) is 11.1 Å². The zero-order valence-corrected chi connectivity index (χ0v) is 21.6. The Morgan fingerprint density at radius 3 is 2.70 bits per heavy atom. The fourth-order valence-electron chi connectivity index (χ4n) is 3.97. The lowest BCUT2D eigenvalue weighted by atomic mass is 9.97. The van der Waals surface area contributed by atoms with Crippen molar-refractivity contribution in [1.82, 2.24) is 25.7 Å². The van der Waals surface area contributed by atoms with Crippen molar-refractivity contribution < 1.29 is 9.59 Å². The van der Waals surface area contributed by atoms with Crippen LogP contribution in [-0.2, 0) is 35.4 Å². The lowest BCUT2D eigenvalue weighted by molar-refractivity contribution is -0.117. The molecule has 2 heterocycles. The first-order valence-corrected chi connectivity index (χ1v) is 13.2. The van der Waals surface area contributed by atoms with Gasteiger partial charge in [0.1, 0.15) is 10.8 Å². The molecule has 0 fully saturated rings. The number of anilines is 2. The maximum Gasteiger partial charge on any atom is 0.251 e. The van der Waals surface area contributed by atoms with E-state index in [1.807, 2.05) is 48.6 Å². The second kappa shape index (κ2) is 12.9. The fourth-order valence-corrected chi connectivity index (χ4v) is 4.76. The molecule has 1 atom stereocenters. The van der Waals surface area contributed by atoms with Gasteiger partial charge >= 0.3 is 0 Å². The summed E-state index contributed by atoms with van der Waals surface area (Å²) in [5.41, 5.74) is 8.98. The van der Waals surface area contributed by atoms with Crippen molar-refractivity contribution in [2.24, 2.45) is 5.92 Å². The van der Waals surface area contributed by atoms with Gasteiger partial charge in [-0.1, -0.05) is 60.8 Å². The summed E-state index contributed by atoms with van der Waals surface area (Å²) in [5.74, 6) is 0.547. The number of rotatable bonds is 11. The van der Waals surface area contributed by atoms with Crippen molar-refractivity contribution >= 4 is 34.1 Å². The van der Waals surface area contributed by atoms with E-state index in [-0.39, 0.29) is 18.2 Å². The molecule has 1 aliphatic carbocycles. The molecule has 10 heteroatoms. The van der Waals surface area contributed by atoms with Gasteiger partial charge < -0.3 is 16.4 Å². The Bertz CT molecular complexity index is 1280. The molecule has 0 aliphatic heterocycles. The van der Waals surface area contributed by atoms with Gasteiger partial charge in [0.05, 0.1) is 12.1 Å². The Hall–Kier alpha value is -3.92. The maximum atomic E-state index is 12.6. The van der Waals surface area contributed by atoms with Gasteiger partial charge in [0.15, 0.2) is 0 Å². The minimum absolute atomic E-state index is 0.0862.